The van der Waals surface area contributed by atoms with Crippen LogP contribution in [0.15, 0.2) is 42.5 Å². The second kappa shape index (κ2) is 10.7. The number of carbonyl (C=O) groups excluding carboxylic acids is 1. The second-order valence-corrected chi connectivity index (χ2v) is 9.65. The number of nitrogens with zero attached hydrogens (tertiary/aromatic N) is 3. The molecule has 0 radical (unpaired) electrons. The summed E-state index contributed by atoms with van der Waals surface area (Å²) in [5.74, 6) is 0.566. The van der Waals surface area contributed by atoms with Gasteiger partial charge in [0.2, 0.25) is 5.95 Å². The molecule has 1 amide bonds. The van der Waals surface area contributed by atoms with E-state index >= 15 is 0 Å². The van der Waals surface area contributed by atoms with Gasteiger partial charge >= 0.3 is 12.4 Å². The lowest BCUT2D eigenvalue weighted by Crippen LogP contribution is -2.38. The minimum Gasteiger partial charge on any atom is -0.362 e. The van der Waals surface area contributed by atoms with Gasteiger partial charge in [-0.3, -0.25) is 4.79 Å². The Morgan fingerprint density at radius 3 is 2.11 bits per heavy atom. The Morgan fingerprint density at radius 1 is 0.921 bits per heavy atom. The van der Waals surface area contributed by atoms with E-state index in [0.717, 1.165) is 16.7 Å². The van der Waals surface area contributed by atoms with Crippen molar-refractivity contribution in [2.45, 2.75) is 44.1 Å². The third kappa shape index (κ3) is 6.46. The van der Waals surface area contributed by atoms with Gasteiger partial charge in [0.05, 0.1) is 16.6 Å². The van der Waals surface area contributed by atoms with E-state index in [1.807, 2.05) is 43.3 Å². The summed E-state index contributed by atoms with van der Waals surface area (Å²) in [4.78, 5) is 23.7. The number of fused-ring (bicyclic) bond motifs is 1. The van der Waals surface area contributed by atoms with Crippen LogP contribution in [0.5, 0.6) is 0 Å². The number of amides is 1. The van der Waals surface area contributed by atoms with E-state index in [4.69, 9.17) is 0 Å². The summed E-state index contributed by atoms with van der Waals surface area (Å²) in [6.45, 7) is 0.592. The molecule has 0 unspecified atom stereocenters. The molecule has 0 atom stereocenters. The van der Waals surface area contributed by atoms with Gasteiger partial charge in [0.15, 0.2) is 0 Å². The van der Waals surface area contributed by atoms with Crippen LogP contribution in [-0.2, 0) is 12.4 Å². The van der Waals surface area contributed by atoms with E-state index in [2.05, 4.69) is 20.6 Å². The lowest BCUT2D eigenvalue weighted by atomic mass is 9.86. The predicted octanol–water partition coefficient (Wildman–Crippen LogP) is 6.13. The SMILES string of the molecule is CN(C)c1nc(NC[C@H]2CC[C@@H](NC(=O)c3cc(C(F)(F)F)cc(C(F)(F)F)c3)CC2)nc2ccccc12. The summed E-state index contributed by atoms with van der Waals surface area (Å²) >= 11 is 0. The van der Waals surface area contributed by atoms with Crippen molar-refractivity contribution in [3.05, 3.63) is 59.2 Å². The summed E-state index contributed by atoms with van der Waals surface area (Å²) in [6, 6.07) is 8.24. The van der Waals surface area contributed by atoms with Gasteiger partial charge in [-0.15, -0.1) is 0 Å². The van der Waals surface area contributed by atoms with Crippen LogP contribution in [-0.4, -0.2) is 42.6 Å². The molecule has 2 N–H and O–H groups in total. The third-order valence-electron chi connectivity index (χ3n) is 6.59. The minimum absolute atomic E-state index is 0.00966. The van der Waals surface area contributed by atoms with Crippen molar-refractivity contribution in [3.8, 4) is 0 Å². The minimum atomic E-state index is -5.01. The van der Waals surface area contributed by atoms with Crippen LogP contribution in [0.1, 0.15) is 47.2 Å². The zero-order valence-corrected chi connectivity index (χ0v) is 20.7. The van der Waals surface area contributed by atoms with Crippen molar-refractivity contribution in [3.63, 3.8) is 0 Å². The van der Waals surface area contributed by atoms with Gasteiger partial charge in [-0.1, -0.05) is 12.1 Å². The fourth-order valence-corrected chi connectivity index (χ4v) is 4.58. The smallest absolute Gasteiger partial charge is 0.362 e. The number of benzene rings is 2. The number of halogens is 6. The summed E-state index contributed by atoms with van der Waals surface area (Å²) in [7, 11) is 3.80. The molecule has 1 fully saturated rings. The highest BCUT2D eigenvalue weighted by Crippen LogP contribution is 2.36. The number of rotatable bonds is 6. The predicted molar refractivity (Wildman–Crippen MR) is 132 cm³/mol. The molecule has 3 aromatic rings. The molecule has 1 aromatic heterocycles. The molecule has 4 rings (SSSR count). The molecular formula is C26H27F6N5O. The lowest BCUT2D eigenvalue weighted by Gasteiger charge is -2.29. The number of hydrogen-bond donors (Lipinski definition) is 2. The van der Waals surface area contributed by atoms with Crippen molar-refractivity contribution in [2.75, 3.05) is 30.9 Å². The molecule has 0 aliphatic heterocycles. The zero-order chi connectivity index (χ0) is 27.7. The molecule has 6 nitrogen and oxygen atoms in total. The van der Waals surface area contributed by atoms with Gasteiger partial charge in [0.1, 0.15) is 5.82 Å². The normalized spacial score (nSPS) is 18.3. The standard InChI is InChI=1S/C26H27F6N5O/c1-37(2)22-20-5-3-4-6-21(20)35-24(36-22)33-14-15-7-9-19(10-8-15)34-23(38)16-11-17(25(27,28)29)13-18(12-16)26(30,31)32/h3-6,11-13,15,19H,7-10,14H2,1-2H3,(H,34,38)(H,33,35,36)/t15-,19+. The van der Waals surface area contributed by atoms with Gasteiger partial charge in [0, 0.05) is 37.6 Å². The van der Waals surface area contributed by atoms with E-state index < -0.39 is 35.0 Å². The van der Waals surface area contributed by atoms with Gasteiger partial charge in [-0.05, 0) is 61.9 Å². The topological polar surface area (TPSA) is 70.2 Å². The van der Waals surface area contributed by atoms with Crippen LogP contribution in [0.4, 0.5) is 38.1 Å². The first kappa shape index (κ1) is 27.5. The molecule has 0 saturated heterocycles. The molecular weight excluding hydrogens is 512 g/mol. The number of para-hydroxylation sites is 1. The number of aromatic nitrogens is 2. The molecule has 204 valence electrons. The first-order chi connectivity index (χ1) is 17.8. The van der Waals surface area contributed by atoms with E-state index in [-0.39, 0.29) is 18.0 Å². The first-order valence-corrected chi connectivity index (χ1v) is 12.1. The summed E-state index contributed by atoms with van der Waals surface area (Å²) in [6.07, 6.45) is -7.51. The Bertz CT molecular complexity index is 1270. The molecule has 1 saturated carbocycles. The largest absolute Gasteiger partial charge is 0.416 e. The molecule has 38 heavy (non-hydrogen) atoms. The Hall–Kier alpha value is -3.57. The van der Waals surface area contributed by atoms with Gasteiger partial charge < -0.3 is 15.5 Å². The van der Waals surface area contributed by atoms with Crippen molar-refractivity contribution in [2.24, 2.45) is 5.92 Å². The Morgan fingerprint density at radius 2 is 1.53 bits per heavy atom. The van der Waals surface area contributed by atoms with E-state index in [1.165, 1.54) is 0 Å². The highest BCUT2D eigenvalue weighted by Gasteiger charge is 2.37. The van der Waals surface area contributed by atoms with Crippen molar-refractivity contribution in [1.29, 1.82) is 0 Å². The van der Waals surface area contributed by atoms with Crippen LogP contribution < -0.4 is 15.5 Å². The van der Waals surface area contributed by atoms with Crippen LogP contribution >= 0.6 is 0 Å². The maximum atomic E-state index is 13.1. The second-order valence-electron chi connectivity index (χ2n) is 9.65. The van der Waals surface area contributed by atoms with Gasteiger partial charge in [0.25, 0.3) is 5.91 Å². The van der Waals surface area contributed by atoms with Crippen molar-refractivity contribution in [1.82, 2.24) is 15.3 Å². The number of nitrogens with one attached hydrogen (secondary N) is 2. The van der Waals surface area contributed by atoms with Gasteiger partial charge in [-0.25, -0.2) is 4.98 Å². The number of alkyl halides is 6. The molecule has 12 heteroatoms. The van der Waals surface area contributed by atoms with Crippen LogP contribution in [0.2, 0.25) is 0 Å². The quantitative estimate of drug-likeness (QED) is 0.369. The number of carbonyl (C=O) groups is 1. The molecule has 1 heterocycles. The maximum absolute atomic E-state index is 13.1. The molecule has 0 spiro atoms. The fraction of sp³-hybridized carbons (Fsp3) is 0.423. The summed E-state index contributed by atoms with van der Waals surface area (Å²) in [5.41, 5.74) is -2.88. The van der Waals surface area contributed by atoms with E-state index in [1.54, 1.807) is 0 Å². The van der Waals surface area contributed by atoms with Crippen LogP contribution in [0, 0.1) is 5.92 Å². The Labute approximate surface area is 215 Å². The molecule has 0 bridgehead atoms. The average Bonchev–Trinajstić information content (AvgIpc) is 2.86. The molecule has 1 aliphatic rings. The summed E-state index contributed by atoms with van der Waals surface area (Å²) < 4.78 is 78.7. The lowest BCUT2D eigenvalue weighted by molar-refractivity contribution is -0.143. The number of hydrogen-bond acceptors (Lipinski definition) is 5. The van der Waals surface area contributed by atoms with E-state index in [9.17, 15) is 31.1 Å². The van der Waals surface area contributed by atoms with Crippen LogP contribution in [0.25, 0.3) is 10.9 Å². The fourth-order valence-electron chi connectivity index (χ4n) is 4.58. The van der Waals surface area contributed by atoms with Crippen molar-refractivity contribution >= 4 is 28.6 Å². The highest BCUT2D eigenvalue weighted by atomic mass is 19.4. The molecule has 1 aliphatic carbocycles. The third-order valence-corrected chi connectivity index (χ3v) is 6.59. The summed E-state index contributed by atoms with van der Waals surface area (Å²) in [5, 5.41) is 6.81. The zero-order valence-electron chi connectivity index (χ0n) is 20.7. The van der Waals surface area contributed by atoms with E-state index in [0.29, 0.717) is 50.3 Å². The van der Waals surface area contributed by atoms with Crippen LogP contribution in [0.3, 0.4) is 0 Å². The first-order valence-electron chi connectivity index (χ1n) is 12.1. The number of anilines is 2. The van der Waals surface area contributed by atoms with Crippen molar-refractivity contribution < 1.29 is 31.1 Å². The highest BCUT2D eigenvalue weighted by molar-refractivity contribution is 5.95. The van der Waals surface area contributed by atoms with Gasteiger partial charge in [-0.2, -0.15) is 31.3 Å². The average molecular weight is 540 g/mol. The molecule has 2 aromatic carbocycles. The Kier molecular flexibility index (Phi) is 7.70. The maximum Gasteiger partial charge on any atom is 0.416 e. The monoisotopic (exact) mass is 539 g/mol. The Balaban J connectivity index is 1.36.